The van der Waals surface area contributed by atoms with Gasteiger partial charge in [0.15, 0.2) is 0 Å². The highest BCUT2D eigenvalue weighted by Crippen LogP contribution is 2.31. The minimum atomic E-state index is -4.36. The van der Waals surface area contributed by atoms with Gasteiger partial charge in [-0.2, -0.15) is 13.2 Å². The second-order valence-electron chi connectivity index (χ2n) is 9.13. The van der Waals surface area contributed by atoms with Gasteiger partial charge in [0.25, 0.3) is 11.8 Å². The van der Waals surface area contributed by atoms with Crippen LogP contribution < -0.4 is 10.2 Å². The number of nitrogens with one attached hydrogen (secondary N) is 1. The number of nitrogens with zero attached hydrogens (tertiary/aromatic N) is 3. The summed E-state index contributed by atoms with van der Waals surface area (Å²) in [5.41, 5.74) is 1.37. The summed E-state index contributed by atoms with van der Waals surface area (Å²) in [5.74, 6) is -2.15. The molecule has 2 fully saturated rings. The van der Waals surface area contributed by atoms with Crippen molar-refractivity contribution in [1.29, 1.82) is 0 Å². The van der Waals surface area contributed by atoms with E-state index in [0.29, 0.717) is 32.7 Å². The van der Waals surface area contributed by atoms with Crippen LogP contribution in [0.3, 0.4) is 0 Å². The molecule has 3 aliphatic rings. The lowest BCUT2D eigenvalue weighted by Gasteiger charge is -2.36. The van der Waals surface area contributed by atoms with Gasteiger partial charge in [-0.05, 0) is 48.4 Å². The first kappa shape index (κ1) is 24.0. The molecule has 0 spiro atoms. The van der Waals surface area contributed by atoms with E-state index in [4.69, 9.17) is 0 Å². The number of amides is 4. The molecule has 1 unspecified atom stereocenters. The van der Waals surface area contributed by atoms with E-state index in [0.717, 1.165) is 28.3 Å². The number of carbonyl (C=O) groups is 4. The molecule has 0 saturated carbocycles. The molecule has 2 saturated heterocycles. The molecule has 0 bridgehead atoms. The fourth-order valence-corrected chi connectivity index (χ4v) is 4.90. The topological polar surface area (TPSA) is 90.0 Å². The van der Waals surface area contributed by atoms with Crippen molar-refractivity contribution in [2.24, 2.45) is 0 Å². The Morgan fingerprint density at radius 3 is 2.17 bits per heavy atom. The molecule has 4 amide bonds. The molecule has 5 rings (SSSR count). The van der Waals surface area contributed by atoms with Crippen LogP contribution >= 0.6 is 0 Å². The first-order chi connectivity index (χ1) is 17.1. The predicted octanol–water partition coefficient (Wildman–Crippen LogP) is 2.43. The molecule has 1 atom stereocenters. The van der Waals surface area contributed by atoms with Crippen LogP contribution in [0.5, 0.6) is 0 Å². The summed E-state index contributed by atoms with van der Waals surface area (Å²) in [5, 5.41) is 2.18. The van der Waals surface area contributed by atoms with E-state index in [-0.39, 0.29) is 24.0 Å². The van der Waals surface area contributed by atoms with Crippen LogP contribution in [0, 0.1) is 0 Å². The SMILES string of the molecule is O=C1CCC(N2C(=O)c3ccc(CN4CCN(c5ccc(C(F)(F)F)cc5)CC4)cc3C2=O)C(=O)N1. The molecule has 8 nitrogen and oxygen atoms in total. The van der Waals surface area contributed by atoms with Crippen molar-refractivity contribution in [3.05, 3.63) is 64.7 Å². The molecule has 3 aliphatic heterocycles. The molecule has 0 aromatic heterocycles. The molecule has 2 aromatic carbocycles. The lowest BCUT2D eigenvalue weighted by atomic mass is 10.0. The second-order valence-corrected chi connectivity index (χ2v) is 9.13. The first-order valence-electron chi connectivity index (χ1n) is 11.6. The minimum absolute atomic E-state index is 0.0630. The molecule has 0 aliphatic carbocycles. The fraction of sp³-hybridized carbons (Fsp3) is 0.360. The zero-order valence-electron chi connectivity index (χ0n) is 19.2. The summed E-state index contributed by atoms with van der Waals surface area (Å²) < 4.78 is 38.4. The van der Waals surface area contributed by atoms with Gasteiger partial charge in [0, 0.05) is 44.8 Å². The highest BCUT2D eigenvalue weighted by molar-refractivity contribution is 6.23. The zero-order chi connectivity index (χ0) is 25.6. The maximum Gasteiger partial charge on any atom is 0.416 e. The van der Waals surface area contributed by atoms with Gasteiger partial charge in [-0.3, -0.25) is 34.3 Å². The average molecular weight is 500 g/mol. The number of imide groups is 2. The van der Waals surface area contributed by atoms with E-state index in [1.165, 1.54) is 12.1 Å². The standard InChI is InChI=1S/C25H23F3N4O4/c26-25(27,28)16-2-4-17(5-3-16)31-11-9-30(10-12-31)14-15-1-6-18-19(13-15)24(36)32(23(18)35)20-7-8-21(33)29-22(20)34/h1-6,13,20H,7-12,14H2,(H,29,33,34). The number of carbonyl (C=O) groups excluding carboxylic acids is 4. The van der Waals surface area contributed by atoms with Gasteiger partial charge in [-0.15, -0.1) is 0 Å². The number of rotatable bonds is 4. The second kappa shape index (κ2) is 9.05. The van der Waals surface area contributed by atoms with Crippen molar-refractivity contribution >= 4 is 29.3 Å². The maximum atomic E-state index is 13.0. The number of fused-ring (bicyclic) bond motifs is 1. The number of piperidine rings is 1. The first-order valence-corrected chi connectivity index (χ1v) is 11.6. The Bertz CT molecular complexity index is 1240. The number of piperazine rings is 1. The highest BCUT2D eigenvalue weighted by atomic mass is 19.4. The van der Waals surface area contributed by atoms with E-state index >= 15 is 0 Å². The number of alkyl halides is 3. The summed E-state index contributed by atoms with van der Waals surface area (Å²) in [7, 11) is 0. The molecular weight excluding hydrogens is 477 g/mol. The van der Waals surface area contributed by atoms with E-state index in [9.17, 15) is 32.3 Å². The lowest BCUT2D eigenvalue weighted by Crippen LogP contribution is -2.54. The van der Waals surface area contributed by atoms with Crippen LogP contribution in [-0.4, -0.2) is 65.6 Å². The van der Waals surface area contributed by atoms with Crippen molar-refractivity contribution in [2.45, 2.75) is 31.6 Å². The molecule has 11 heteroatoms. The fourth-order valence-electron chi connectivity index (χ4n) is 4.90. The van der Waals surface area contributed by atoms with Gasteiger partial charge in [0.1, 0.15) is 6.04 Å². The molecular formula is C25H23F3N4O4. The number of anilines is 1. The Morgan fingerprint density at radius 1 is 0.861 bits per heavy atom. The van der Waals surface area contributed by atoms with Gasteiger partial charge in [0.05, 0.1) is 16.7 Å². The van der Waals surface area contributed by atoms with E-state index < -0.39 is 41.4 Å². The van der Waals surface area contributed by atoms with Gasteiger partial charge in [0.2, 0.25) is 11.8 Å². The summed E-state index contributed by atoms with van der Waals surface area (Å²) in [4.78, 5) is 54.6. The van der Waals surface area contributed by atoms with Crippen LogP contribution in [0.2, 0.25) is 0 Å². The molecule has 188 valence electrons. The largest absolute Gasteiger partial charge is 0.416 e. The van der Waals surface area contributed by atoms with Crippen molar-refractivity contribution in [3.63, 3.8) is 0 Å². The monoisotopic (exact) mass is 500 g/mol. The molecule has 0 radical (unpaired) electrons. The number of benzene rings is 2. The lowest BCUT2D eigenvalue weighted by molar-refractivity contribution is -0.138. The van der Waals surface area contributed by atoms with E-state index in [2.05, 4.69) is 10.2 Å². The number of hydrogen-bond donors (Lipinski definition) is 1. The van der Waals surface area contributed by atoms with Crippen LogP contribution in [0.15, 0.2) is 42.5 Å². The van der Waals surface area contributed by atoms with E-state index in [1.54, 1.807) is 18.2 Å². The Kier molecular flexibility index (Phi) is 6.03. The van der Waals surface area contributed by atoms with Crippen molar-refractivity contribution in [1.82, 2.24) is 15.1 Å². The van der Waals surface area contributed by atoms with Gasteiger partial charge < -0.3 is 4.90 Å². The summed E-state index contributed by atoms with van der Waals surface area (Å²) in [6, 6.07) is 9.17. The Balaban J connectivity index is 1.22. The summed E-state index contributed by atoms with van der Waals surface area (Å²) in [6.45, 7) is 3.16. The third kappa shape index (κ3) is 4.46. The number of halogens is 3. The van der Waals surface area contributed by atoms with Crippen LogP contribution in [0.4, 0.5) is 18.9 Å². The van der Waals surface area contributed by atoms with Crippen molar-refractivity contribution in [3.8, 4) is 0 Å². The average Bonchev–Trinajstić information content (AvgIpc) is 3.09. The van der Waals surface area contributed by atoms with Crippen molar-refractivity contribution in [2.75, 3.05) is 31.1 Å². The maximum absolute atomic E-state index is 13.0. The predicted molar refractivity (Wildman–Crippen MR) is 122 cm³/mol. The van der Waals surface area contributed by atoms with Crippen LogP contribution in [0.1, 0.15) is 44.7 Å². The smallest absolute Gasteiger partial charge is 0.369 e. The third-order valence-corrected chi connectivity index (χ3v) is 6.84. The molecule has 2 aromatic rings. The quantitative estimate of drug-likeness (QED) is 0.649. The Hall–Kier alpha value is -3.73. The molecule has 1 N–H and O–H groups in total. The Morgan fingerprint density at radius 2 is 1.53 bits per heavy atom. The summed E-state index contributed by atoms with van der Waals surface area (Å²) >= 11 is 0. The highest BCUT2D eigenvalue weighted by Gasteiger charge is 2.44. The van der Waals surface area contributed by atoms with Gasteiger partial charge in [-0.25, -0.2) is 0 Å². The van der Waals surface area contributed by atoms with Gasteiger partial charge in [-0.1, -0.05) is 6.07 Å². The van der Waals surface area contributed by atoms with E-state index in [1.807, 2.05) is 4.90 Å². The third-order valence-electron chi connectivity index (χ3n) is 6.84. The van der Waals surface area contributed by atoms with Crippen LogP contribution in [0.25, 0.3) is 0 Å². The molecule has 3 heterocycles. The van der Waals surface area contributed by atoms with Gasteiger partial charge >= 0.3 is 6.18 Å². The molecule has 36 heavy (non-hydrogen) atoms. The number of hydrogen-bond acceptors (Lipinski definition) is 6. The van der Waals surface area contributed by atoms with Crippen molar-refractivity contribution < 1.29 is 32.3 Å². The van der Waals surface area contributed by atoms with Crippen LogP contribution in [-0.2, 0) is 22.3 Å². The zero-order valence-corrected chi connectivity index (χ0v) is 19.2. The summed E-state index contributed by atoms with van der Waals surface area (Å²) in [6.07, 6.45) is -4.20. The Labute approximate surface area is 204 Å². The minimum Gasteiger partial charge on any atom is -0.369 e. The normalized spacial score (nSPS) is 21.1.